The van der Waals surface area contributed by atoms with Crippen molar-refractivity contribution in [2.24, 2.45) is 0 Å². The summed E-state index contributed by atoms with van der Waals surface area (Å²) in [6, 6.07) is 10.4. The van der Waals surface area contributed by atoms with Crippen LogP contribution >= 0.6 is 23.2 Å². The second-order valence-corrected chi connectivity index (χ2v) is 6.00. The van der Waals surface area contributed by atoms with E-state index in [9.17, 15) is 0 Å². The largest absolute Gasteiger partial charge is 0.313 e. The van der Waals surface area contributed by atoms with Gasteiger partial charge in [0.2, 0.25) is 0 Å². The molecule has 0 bridgehead atoms. The minimum Gasteiger partial charge on any atom is -0.313 e. The molecule has 2 nitrogen and oxygen atoms in total. The molecule has 112 valence electrons. The highest BCUT2D eigenvalue weighted by atomic mass is 35.5. The van der Waals surface area contributed by atoms with E-state index in [1.54, 1.807) is 12.4 Å². The van der Waals surface area contributed by atoms with Gasteiger partial charge < -0.3 is 5.32 Å². The Bertz CT molecular complexity index is 555. The van der Waals surface area contributed by atoms with Crippen molar-refractivity contribution < 1.29 is 0 Å². The van der Waals surface area contributed by atoms with Crippen LogP contribution in [0.3, 0.4) is 0 Å². The van der Waals surface area contributed by atoms with Crippen LogP contribution < -0.4 is 5.32 Å². The fourth-order valence-corrected chi connectivity index (χ4v) is 2.63. The molecule has 21 heavy (non-hydrogen) atoms. The van der Waals surface area contributed by atoms with Crippen molar-refractivity contribution in [2.75, 3.05) is 6.54 Å². The second-order valence-electron chi connectivity index (χ2n) is 5.15. The van der Waals surface area contributed by atoms with Crippen molar-refractivity contribution in [1.82, 2.24) is 10.3 Å². The molecule has 0 radical (unpaired) electrons. The lowest BCUT2D eigenvalue weighted by Gasteiger charge is -2.19. The summed E-state index contributed by atoms with van der Waals surface area (Å²) < 4.78 is 0. The van der Waals surface area contributed by atoms with Crippen LogP contribution in [0.5, 0.6) is 0 Å². The number of halogens is 2. The van der Waals surface area contributed by atoms with Gasteiger partial charge in [0.1, 0.15) is 0 Å². The minimum atomic E-state index is 0.353. The summed E-state index contributed by atoms with van der Waals surface area (Å²) in [4.78, 5) is 4.04. The van der Waals surface area contributed by atoms with Crippen molar-refractivity contribution in [1.29, 1.82) is 0 Å². The first kappa shape index (κ1) is 16.3. The molecule has 1 aromatic heterocycles. The van der Waals surface area contributed by atoms with E-state index < -0.39 is 0 Å². The molecular formula is C17H20Cl2N2. The molecule has 2 aromatic rings. The topological polar surface area (TPSA) is 24.9 Å². The molecule has 1 atom stereocenters. The van der Waals surface area contributed by atoms with Crippen LogP contribution in [0.4, 0.5) is 0 Å². The Morgan fingerprint density at radius 3 is 2.52 bits per heavy atom. The number of hydrogen-bond acceptors (Lipinski definition) is 2. The molecule has 0 aliphatic rings. The van der Waals surface area contributed by atoms with E-state index in [1.165, 1.54) is 5.56 Å². The van der Waals surface area contributed by atoms with Crippen molar-refractivity contribution in [3.05, 3.63) is 63.9 Å². The summed E-state index contributed by atoms with van der Waals surface area (Å²) >= 11 is 12.2. The first-order valence-electron chi connectivity index (χ1n) is 7.25. The van der Waals surface area contributed by atoms with E-state index >= 15 is 0 Å². The van der Waals surface area contributed by atoms with Crippen LogP contribution in [-0.4, -0.2) is 17.6 Å². The average Bonchev–Trinajstić information content (AvgIpc) is 2.49. The first-order valence-corrected chi connectivity index (χ1v) is 8.01. The van der Waals surface area contributed by atoms with E-state index in [0.717, 1.165) is 41.4 Å². The highest BCUT2D eigenvalue weighted by molar-refractivity contribution is 6.31. The monoisotopic (exact) mass is 322 g/mol. The van der Waals surface area contributed by atoms with E-state index in [-0.39, 0.29) is 0 Å². The molecule has 2 rings (SSSR count). The van der Waals surface area contributed by atoms with Gasteiger partial charge in [-0.25, -0.2) is 0 Å². The summed E-state index contributed by atoms with van der Waals surface area (Å²) in [7, 11) is 0. The van der Waals surface area contributed by atoms with Crippen molar-refractivity contribution in [3.8, 4) is 0 Å². The van der Waals surface area contributed by atoms with Gasteiger partial charge in [0.05, 0.1) is 5.02 Å². The smallest absolute Gasteiger partial charge is 0.0621 e. The van der Waals surface area contributed by atoms with Crippen molar-refractivity contribution in [3.63, 3.8) is 0 Å². The van der Waals surface area contributed by atoms with E-state index in [0.29, 0.717) is 6.04 Å². The summed E-state index contributed by atoms with van der Waals surface area (Å²) in [5.74, 6) is 0. The van der Waals surface area contributed by atoms with E-state index in [2.05, 4.69) is 29.4 Å². The van der Waals surface area contributed by atoms with Gasteiger partial charge in [-0.05, 0) is 55.1 Å². The normalized spacial score (nSPS) is 12.3. The third-order valence-corrected chi connectivity index (χ3v) is 3.99. The van der Waals surface area contributed by atoms with Crippen molar-refractivity contribution >= 4 is 23.2 Å². The first-order chi connectivity index (χ1) is 10.2. The third-order valence-electron chi connectivity index (χ3n) is 3.40. The Morgan fingerprint density at radius 1 is 1.10 bits per heavy atom. The number of hydrogen-bond donors (Lipinski definition) is 1. The maximum Gasteiger partial charge on any atom is 0.0621 e. The van der Waals surface area contributed by atoms with Crippen LogP contribution in [0.2, 0.25) is 10.0 Å². The Morgan fingerprint density at radius 2 is 1.86 bits per heavy atom. The van der Waals surface area contributed by atoms with Gasteiger partial charge in [-0.15, -0.1) is 0 Å². The fraction of sp³-hybridized carbons (Fsp3) is 0.353. The zero-order chi connectivity index (χ0) is 15.1. The van der Waals surface area contributed by atoms with E-state index in [4.69, 9.17) is 23.2 Å². The molecule has 0 aliphatic carbocycles. The average molecular weight is 323 g/mol. The molecule has 1 unspecified atom stereocenters. The standard InChI is InChI=1S/C17H20Cl2N2/c1-2-8-21-16(10-13-3-5-15(18)6-4-13)11-14-7-9-20-12-17(14)19/h3-7,9,12,16,21H,2,8,10-11H2,1H3. The van der Waals surface area contributed by atoms with Gasteiger partial charge in [-0.1, -0.05) is 42.3 Å². The molecule has 0 amide bonds. The van der Waals surface area contributed by atoms with Gasteiger partial charge in [-0.2, -0.15) is 0 Å². The lowest BCUT2D eigenvalue weighted by molar-refractivity contribution is 0.504. The Balaban J connectivity index is 2.07. The van der Waals surface area contributed by atoms with Crippen LogP contribution in [0.25, 0.3) is 0 Å². The van der Waals surface area contributed by atoms with Crippen LogP contribution in [0, 0.1) is 0 Å². The van der Waals surface area contributed by atoms with Crippen LogP contribution in [-0.2, 0) is 12.8 Å². The summed E-state index contributed by atoms with van der Waals surface area (Å²) in [6.45, 7) is 3.17. The summed E-state index contributed by atoms with van der Waals surface area (Å²) in [5, 5.41) is 5.10. The molecule has 1 heterocycles. The van der Waals surface area contributed by atoms with Crippen LogP contribution in [0.15, 0.2) is 42.7 Å². The number of pyridine rings is 1. The number of aromatic nitrogens is 1. The lowest BCUT2D eigenvalue weighted by Crippen LogP contribution is -2.33. The molecule has 0 fully saturated rings. The van der Waals surface area contributed by atoms with Gasteiger partial charge in [0.15, 0.2) is 0 Å². The zero-order valence-corrected chi connectivity index (χ0v) is 13.7. The predicted molar refractivity (Wildman–Crippen MR) is 90.2 cm³/mol. The number of benzene rings is 1. The molecule has 0 saturated heterocycles. The Kier molecular flexibility index (Phi) is 6.50. The molecule has 1 N–H and O–H groups in total. The highest BCUT2D eigenvalue weighted by Gasteiger charge is 2.12. The minimum absolute atomic E-state index is 0.353. The maximum atomic E-state index is 6.22. The molecular weight excluding hydrogens is 303 g/mol. The number of rotatable bonds is 7. The molecule has 0 spiro atoms. The van der Waals surface area contributed by atoms with Gasteiger partial charge >= 0.3 is 0 Å². The van der Waals surface area contributed by atoms with Gasteiger partial charge in [0.25, 0.3) is 0 Å². The maximum absolute atomic E-state index is 6.22. The highest BCUT2D eigenvalue weighted by Crippen LogP contribution is 2.18. The SMILES string of the molecule is CCCNC(Cc1ccc(Cl)cc1)Cc1ccncc1Cl. The summed E-state index contributed by atoms with van der Waals surface area (Å²) in [6.07, 6.45) is 6.46. The third kappa shape index (κ3) is 5.31. The van der Waals surface area contributed by atoms with Gasteiger partial charge in [0, 0.05) is 23.5 Å². The Labute approximate surface area is 136 Å². The predicted octanol–water partition coefficient (Wildman–Crippen LogP) is 4.54. The Hall–Kier alpha value is -1.09. The zero-order valence-electron chi connectivity index (χ0n) is 12.2. The van der Waals surface area contributed by atoms with Crippen LogP contribution in [0.1, 0.15) is 24.5 Å². The number of nitrogens with zero attached hydrogens (tertiary/aromatic N) is 1. The van der Waals surface area contributed by atoms with Crippen molar-refractivity contribution in [2.45, 2.75) is 32.2 Å². The second kappa shape index (κ2) is 8.38. The fourth-order valence-electron chi connectivity index (χ4n) is 2.30. The molecule has 0 aliphatic heterocycles. The summed E-state index contributed by atoms with van der Waals surface area (Å²) in [5.41, 5.74) is 2.41. The molecule has 0 saturated carbocycles. The molecule has 4 heteroatoms. The lowest BCUT2D eigenvalue weighted by atomic mass is 9.99. The number of nitrogens with one attached hydrogen (secondary N) is 1. The van der Waals surface area contributed by atoms with Gasteiger partial charge in [-0.3, -0.25) is 4.98 Å². The van der Waals surface area contributed by atoms with E-state index in [1.807, 2.05) is 18.2 Å². The quantitative estimate of drug-likeness (QED) is 0.809. The molecule has 1 aromatic carbocycles.